The highest BCUT2D eigenvalue weighted by Crippen LogP contribution is 2.28. The lowest BCUT2D eigenvalue weighted by atomic mass is 10.0. The lowest BCUT2D eigenvalue weighted by Crippen LogP contribution is -2.55. The van der Waals surface area contributed by atoms with Gasteiger partial charge in [0.2, 0.25) is 0 Å². The molecular formula is C12H24N2O2. The molecule has 1 aliphatic carbocycles. The maximum absolute atomic E-state index is 11.7. The number of hydrogen-bond donors (Lipinski definition) is 1. The summed E-state index contributed by atoms with van der Waals surface area (Å²) in [5, 5.41) is 0. The monoisotopic (exact) mass is 228 g/mol. The molecule has 0 bridgehead atoms. The molecule has 0 saturated heterocycles. The van der Waals surface area contributed by atoms with Crippen LogP contribution in [0.15, 0.2) is 0 Å². The van der Waals surface area contributed by atoms with Gasteiger partial charge in [0.05, 0.1) is 6.61 Å². The first-order valence-electron chi connectivity index (χ1n) is 6.21. The average Bonchev–Trinajstić information content (AvgIpc) is 3.00. The zero-order valence-corrected chi connectivity index (χ0v) is 10.7. The minimum absolute atomic E-state index is 0.295. The Kier molecular flexibility index (Phi) is 4.74. The van der Waals surface area contributed by atoms with Gasteiger partial charge in [-0.05, 0) is 39.7 Å². The summed E-state index contributed by atoms with van der Waals surface area (Å²) in [4.78, 5) is 14.0. The molecule has 16 heavy (non-hydrogen) atoms. The van der Waals surface area contributed by atoms with Crippen molar-refractivity contribution in [1.29, 1.82) is 0 Å². The zero-order valence-electron chi connectivity index (χ0n) is 10.7. The van der Waals surface area contributed by atoms with Gasteiger partial charge in [0, 0.05) is 12.6 Å². The Labute approximate surface area is 98.1 Å². The Morgan fingerprint density at radius 2 is 2.12 bits per heavy atom. The fourth-order valence-electron chi connectivity index (χ4n) is 1.90. The van der Waals surface area contributed by atoms with Crippen molar-refractivity contribution < 1.29 is 9.53 Å². The molecule has 0 aliphatic heterocycles. The molecular weight excluding hydrogens is 204 g/mol. The Hall–Kier alpha value is -0.610. The normalized spacial score (nSPS) is 19.6. The van der Waals surface area contributed by atoms with Crippen LogP contribution in [0, 0.1) is 0 Å². The van der Waals surface area contributed by atoms with Crippen LogP contribution in [0.2, 0.25) is 0 Å². The first-order valence-corrected chi connectivity index (χ1v) is 6.21. The number of rotatable bonds is 7. The second-order valence-corrected chi connectivity index (χ2v) is 4.84. The van der Waals surface area contributed by atoms with Gasteiger partial charge in [-0.2, -0.15) is 0 Å². The van der Waals surface area contributed by atoms with Gasteiger partial charge in [0.25, 0.3) is 0 Å². The molecule has 0 aromatic carbocycles. The zero-order chi connectivity index (χ0) is 12.2. The molecule has 1 rings (SSSR count). The Morgan fingerprint density at radius 3 is 2.56 bits per heavy atom. The van der Waals surface area contributed by atoms with Gasteiger partial charge in [-0.15, -0.1) is 0 Å². The number of carbonyl (C=O) groups is 1. The van der Waals surface area contributed by atoms with Gasteiger partial charge < -0.3 is 10.5 Å². The summed E-state index contributed by atoms with van der Waals surface area (Å²) in [7, 11) is 0. The molecule has 1 aliphatic rings. The minimum Gasteiger partial charge on any atom is -0.465 e. The average molecular weight is 228 g/mol. The summed E-state index contributed by atoms with van der Waals surface area (Å²) in [6.07, 6.45) is 3.56. The number of ether oxygens (including phenoxy) is 1. The molecule has 94 valence electrons. The predicted molar refractivity (Wildman–Crippen MR) is 64.1 cm³/mol. The molecule has 4 heteroatoms. The van der Waals surface area contributed by atoms with E-state index in [-0.39, 0.29) is 5.97 Å². The topological polar surface area (TPSA) is 55.6 Å². The van der Waals surface area contributed by atoms with Gasteiger partial charge in [-0.1, -0.05) is 6.92 Å². The minimum atomic E-state index is -0.881. The molecule has 1 unspecified atom stereocenters. The predicted octanol–water partition coefficient (Wildman–Crippen LogP) is 1.14. The van der Waals surface area contributed by atoms with Crippen LogP contribution in [-0.2, 0) is 9.53 Å². The summed E-state index contributed by atoms with van der Waals surface area (Å²) in [5.74, 6) is -0.295. The van der Waals surface area contributed by atoms with E-state index < -0.39 is 5.54 Å². The third kappa shape index (κ3) is 3.76. The number of nitrogens with two attached hydrogens (primary N) is 1. The fraction of sp³-hybridized carbons (Fsp3) is 0.917. The third-order valence-electron chi connectivity index (χ3n) is 2.85. The van der Waals surface area contributed by atoms with E-state index in [9.17, 15) is 4.79 Å². The number of carbonyl (C=O) groups excluding carboxylic acids is 1. The third-order valence-corrected chi connectivity index (χ3v) is 2.85. The van der Waals surface area contributed by atoms with Crippen LogP contribution in [0.5, 0.6) is 0 Å². The van der Waals surface area contributed by atoms with Gasteiger partial charge in [0.1, 0.15) is 5.54 Å². The van der Waals surface area contributed by atoms with E-state index in [4.69, 9.17) is 10.5 Å². The first-order chi connectivity index (χ1) is 7.51. The molecule has 0 aromatic rings. The smallest absolute Gasteiger partial charge is 0.327 e. The van der Waals surface area contributed by atoms with Gasteiger partial charge in [-0.3, -0.25) is 9.69 Å². The Balaban J connectivity index is 2.50. The molecule has 1 saturated carbocycles. The maximum Gasteiger partial charge on any atom is 0.327 e. The van der Waals surface area contributed by atoms with E-state index in [2.05, 4.69) is 11.8 Å². The second-order valence-electron chi connectivity index (χ2n) is 4.84. The van der Waals surface area contributed by atoms with Crippen molar-refractivity contribution in [1.82, 2.24) is 4.90 Å². The van der Waals surface area contributed by atoms with Crippen molar-refractivity contribution in [3.05, 3.63) is 0 Å². The quantitative estimate of drug-likeness (QED) is 0.664. The standard InChI is InChI=1S/C12H24N2O2/c1-4-8-14(10-6-7-10)9-12(3,13)11(15)16-5-2/h10H,4-9,13H2,1-3H3. The molecule has 0 amide bonds. The summed E-state index contributed by atoms with van der Waals surface area (Å²) in [6.45, 7) is 7.71. The molecule has 1 fully saturated rings. The van der Waals surface area contributed by atoms with Crippen molar-refractivity contribution in [2.24, 2.45) is 5.73 Å². The van der Waals surface area contributed by atoms with Crippen molar-refractivity contribution in [2.45, 2.75) is 51.6 Å². The van der Waals surface area contributed by atoms with Gasteiger partial charge in [0.15, 0.2) is 0 Å². The van der Waals surface area contributed by atoms with Crippen LogP contribution >= 0.6 is 0 Å². The fourth-order valence-corrected chi connectivity index (χ4v) is 1.90. The number of esters is 1. The van der Waals surface area contributed by atoms with Crippen LogP contribution in [0.3, 0.4) is 0 Å². The molecule has 2 N–H and O–H groups in total. The molecule has 0 radical (unpaired) electrons. The van der Waals surface area contributed by atoms with Crippen molar-refractivity contribution >= 4 is 5.97 Å². The summed E-state index contributed by atoms with van der Waals surface area (Å²) in [5.41, 5.74) is 5.15. The molecule has 0 heterocycles. The number of hydrogen-bond acceptors (Lipinski definition) is 4. The molecule has 0 aromatic heterocycles. The van der Waals surface area contributed by atoms with Crippen molar-refractivity contribution in [3.8, 4) is 0 Å². The molecule has 4 nitrogen and oxygen atoms in total. The lowest BCUT2D eigenvalue weighted by Gasteiger charge is -2.30. The first kappa shape index (κ1) is 13.5. The van der Waals surface area contributed by atoms with Crippen LogP contribution in [0.1, 0.15) is 40.0 Å². The van der Waals surface area contributed by atoms with Crippen LogP contribution in [0.4, 0.5) is 0 Å². The van der Waals surface area contributed by atoms with E-state index in [0.29, 0.717) is 19.2 Å². The van der Waals surface area contributed by atoms with Crippen molar-refractivity contribution in [2.75, 3.05) is 19.7 Å². The lowest BCUT2D eigenvalue weighted by molar-refractivity contribution is -0.149. The highest BCUT2D eigenvalue weighted by molar-refractivity contribution is 5.80. The summed E-state index contributed by atoms with van der Waals surface area (Å²) in [6, 6.07) is 0.636. The van der Waals surface area contributed by atoms with Crippen LogP contribution in [-0.4, -0.2) is 42.1 Å². The molecule has 0 spiro atoms. The Morgan fingerprint density at radius 1 is 1.50 bits per heavy atom. The molecule has 1 atom stereocenters. The number of nitrogens with zero attached hydrogens (tertiary/aromatic N) is 1. The van der Waals surface area contributed by atoms with E-state index in [0.717, 1.165) is 13.0 Å². The van der Waals surface area contributed by atoms with Gasteiger partial charge >= 0.3 is 5.97 Å². The second kappa shape index (κ2) is 5.64. The van der Waals surface area contributed by atoms with E-state index in [1.165, 1.54) is 12.8 Å². The van der Waals surface area contributed by atoms with Crippen LogP contribution in [0.25, 0.3) is 0 Å². The Bertz CT molecular complexity index is 237. The van der Waals surface area contributed by atoms with E-state index >= 15 is 0 Å². The summed E-state index contributed by atoms with van der Waals surface area (Å²) < 4.78 is 5.00. The summed E-state index contributed by atoms with van der Waals surface area (Å²) >= 11 is 0. The highest BCUT2D eigenvalue weighted by atomic mass is 16.5. The largest absolute Gasteiger partial charge is 0.465 e. The van der Waals surface area contributed by atoms with Crippen molar-refractivity contribution in [3.63, 3.8) is 0 Å². The van der Waals surface area contributed by atoms with E-state index in [1.807, 2.05) is 0 Å². The SMILES string of the molecule is CCCN(CC(C)(N)C(=O)OCC)C1CC1. The van der Waals surface area contributed by atoms with Gasteiger partial charge in [-0.25, -0.2) is 0 Å². The van der Waals surface area contributed by atoms with E-state index in [1.54, 1.807) is 13.8 Å². The van der Waals surface area contributed by atoms with Crippen LogP contribution < -0.4 is 5.73 Å². The maximum atomic E-state index is 11.7. The highest BCUT2D eigenvalue weighted by Gasteiger charge is 2.37.